The molecule has 0 spiro atoms. The molecule has 8 nitrogen and oxygen atoms in total. The number of nitrogens with zero attached hydrogens (tertiary/aromatic N) is 4. The topological polar surface area (TPSA) is 71.9 Å². The van der Waals surface area contributed by atoms with Gasteiger partial charge in [-0.05, 0) is 19.5 Å². The van der Waals surface area contributed by atoms with Crippen LogP contribution in [0.4, 0.5) is 0 Å². The fourth-order valence-corrected chi connectivity index (χ4v) is 3.93. The highest BCUT2D eigenvalue weighted by Gasteiger charge is 2.35. The summed E-state index contributed by atoms with van der Waals surface area (Å²) in [6.45, 7) is 7.28. The molecule has 2 atom stereocenters. The third kappa shape index (κ3) is 3.72. The van der Waals surface area contributed by atoms with E-state index in [1.165, 1.54) is 0 Å². The molecule has 1 aromatic rings. The molecule has 0 aromatic carbocycles. The number of fused-ring (bicyclic) bond motifs is 1. The molecule has 1 N–H and O–H groups in total. The Morgan fingerprint density at radius 1 is 1.20 bits per heavy atom. The van der Waals surface area contributed by atoms with Gasteiger partial charge in [0.15, 0.2) is 5.69 Å². The van der Waals surface area contributed by atoms with Gasteiger partial charge in [0.05, 0.1) is 44.2 Å². The molecule has 0 unspecified atom stereocenters. The standard InChI is InChI=1S/C17H27N5O3/c1-20-3-2-4-22-13(10-20)9-14(19-22)17(23)18-15-11-25-12-16(15)21-5-7-24-8-6-21/h9,15-16H,2-8,10-12H2,1H3,(H,18,23)/t15-,16-/m0/s1. The Bertz CT molecular complexity index is 613. The predicted octanol–water partition coefficient (Wildman–Crippen LogP) is -0.452. The summed E-state index contributed by atoms with van der Waals surface area (Å²) in [5, 5.41) is 7.67. The number of hydrogen-bond donors (Lipinski definition) is 1. The second-order valence-electron chi connectivity index (χ2n) is 7.17. The Labute approximate surface area is 148 Å². The van der Waals surface area contributed by atoms with E-state index in [4.69, 9.17) is 9.47 Å². The van der Waals surface area contributed by atoms with Gasteiger partial charge in [0, 0.05) is 32.7 Å². The molecule has 1 aromatic heterocycles. The lowest BCUT2D eigenvalue weighted by molar-refractivity contribution is 0.0108. The van der Waals surface area contributed by atoms with Crippen molar-refractivity contribution in [1.29, 1.82) is 0 Å². The second kappa shape index (κ2) is 7.41. The van der Waals surface area contributed by atoms with E-state index >= 15 is 0 Å². The van der Waals surface area contributed by atoms with Gasteiger partial charge < -0.3 is 19.7 Å². The van der Waals surface area contributed by atoms with E-state index in [2.05, 4.69) is 27.3 Å². The van der Waals surface area contributed by atoms with Crippen LogP contribution < -0.4 is 5.32 Å². The summed E-state index contributed by atoms with van der Waals surface area (Å²) < 4.78 is 13.0. The first-order chi connectivity index (χ1) is 12.2. The number of hydrogen-bond acceptors (Lipinski definition) is 6. The number of ether oxygens (including phenoxy) is 2. The number of aryl methyl sites for hydroxylation is 1. The number of nitrogens with one attached hydrogen (secondary N) is 1. The fraction of sp³-hybridized carbons (Fsp3) is 0.765. The van der Waals surface area contributed by atoms with Gasteiger partial charge in [0.2, 0.25) is 0 Å². The van der Waals surface area contributed by atoms with E-state index in [9.17, 15) is 4.79 Å². The molecule has 0 bridgehead atoms. The smallest absolute Gasteiger partial charge is 0.272 e. The summed E-state index contributed by atoms with van der Waals surface area (Å²) >= 11 is 0. The van der Waals surface area contributed by atoms with Crippen molar-refractivity contribution in [3.8, 4) is 0 Å². The normalized spacial score (nSPS) is 28.5. The van der Waals surface area contributed by atoms with Crippen molar-refractivity contribution in [2.45, 2.75) is 31.6 Å². The van der Waals surface area contributed by atoms with Crippen LogP contribution in [0, 0.1) is 0 Å². The maximum absolute atomic E-state index is 12.7. The van der Waals surface area contributed by atoms with Crippen LogP contribution in [0.1, 0.15) is 22.6 Å². The van der Waals surface area contributed by atoms with Crippen molar-refractivity contribution >= 4 is 5.91 Å². The largest absolute Gasteiger partial charge is 0.379 e. The van der Waals surface area contributed by atoms with Gasteiger partial charge in [0.25, 0.3) is 5.91 Å². The number of rotatable bonds is 3. The van der Waals surface area contributed by atoms with Crippen LogP contribution in [0.2, 0.25) is 0 Å². The SMILES string of the molecule is CN1CCCn2nc(C(=O)N[C@H]3COC[C@@H]3N3CCOCC3)cc2C1. The lowest BCUT2D eigenvalue weighted by Crippen LogP contribution is -2.54. The lowest BCUT2D eigenvalue weighted by Gasteiger charge is -2.34. The quantitative estimate of drug-likeness (QED) is 0.797. The molecule has 1 amide bonds. The monoisotopic (exact) mass is 349 g/mol. The molecule has 4 heterocycles. The van der Waals surface area contributed by atoms with Crippen LogP contribution in [0.15, 0.2) is 6.07 Å². The highest BCUT2D eigenvalue weighted by atomic mass is 16.5. The maximum Gasteiger partial charge on any atom is 0.272 e. The zero-order chi connectivity index (χ0) is 17.2. The molecule has 0 saturated carbocycles. The van der Waals surface area contributed by atoms with Crippen molar-refractivity contribution in [2.24, 2.45) is 0 Å². The summed E-state index contributed by atoms with van der Waals surface area (Å²) in [6.07, 6.45) is 1.06. The summed E-state index contributed by atoms with van der Waals surface area (Å²) in [5.74, 6) is -0.100. The highest BCUT2D eigenvalue weighted by Crippen LogP contribution is 2.17. The van der Waals surface area contributed by atoms with Crippen LogP contribution in [0.3, 0.4) is 0 Å². The highest BCUT2D eigenvalue weighted by molar-refractivity contribution is 5.92. The number of carbonyl (C=O) groups is 1. The first-order valence-electron chi connectivity index (χ1n) is 9.16. The predicted molar refractivity (Wildman–Crippen MR) is 91.4 cm³/mol. The maximum atomic E-state index is 12.7. The van der Waals surface area contributed by atoms with E-state index in [-0.39, 0.29) is 18.0 Å². The van der Waals surface area contributed by atoms with Gasteiger partial charge in [0.1, 0.15) is 0 Å². The number of carbonyl (C=O) groups excluding carboxylic acids is 1. The summed E-state index contributed by atoms with van der Waals surface area (Å²) in [4.78, 5) is 17.3. The average molecular weight is 349 g/mol. The molecule has 25 heavy (non-hydrogen) atoms. The Kier molecular flexibility index (Phi) is 5.03. The first-order valence-corrected chi connectivity index (χ1v) is 9.16. The molecule has 2 saturated heterocycles. The summed E-state index contributed by atoms with van der Waals surface area (Å²) in [5.41, 5.74) is 1.62. The van der Waals surface area contributed by atoms with E-state index in [0.29, 0.717) is 18.9 Å². The van der Waals surface area contributed by atoms with Crippen molar-refractivity contribution in [3.05, 3.63) is 17.5 Å². The average Bonchev–Trinajstić information content (AvgIpc) is 3.19. The number of amides is 1. The van der Waals surface area contributed by atoms with Gasteiger partial charge in [-0.3, -0.25) is 14.4 Å². The van der Waals surface area contributed by atoms with E-state index in [0.717, 1.165) is 58.1 Å². The Morgan fingerprint density at radius 2 is 2.04 bits per heavy atom. The minimum atomic E-state index is -0.100. The molecule has 2 fully saturated rings. The van der Waals surface area contributed by atoms with E-state index < -0.39 is 0 Å². The fourth-order valence-electron chi connectivity index (χ4n) is 3.93. The molecule has 0 aliphatic carbocycles. The minimum absolute atomic E-state index is 0.00906. The van der Waals surface area contributed by atoms with E-state index in [1.807, 2.05) is 10.7 Å². The van der Waals surface area contributed by atoms with Gasteiger partial charge >= 0.3 is 0 Å². The van der Waals surface area contributed by atoms with Crippen LogP contribution in [-0.2, 0) is 22.6 Å². The van der Waals surface area contributed by atoms with Crippen LogP contribution in [-0.4, -0.2) is 90.7 Å². The molecular formula is C17H27N5O3. The van der Waals surface area contributed by atoms with Gasteiger partial charge in [-0.15, -0.1) is 0 Å². The Hall–Kier alpha value is -1.48. The second-order valence-corrected chi connectivity index (χ2v) is 7.17. The first kappa shape index (κ1) is 17.0. The van der Waals surface area contributed by atoms with E-state index in [1.54, 1.807) is 0 Å². The molecule has 138 valence electrons. The Morgan fingerprint density at radius 3 is 2.88 bits per heavy atom. The molecular weight excluding hydrogens is 322 g/mol. The van der Waals surface area contributed by atoms with Gasteiger partial charge in [-0.2, -0.15) is 5.10 Å². The van der Waals surface area contributed by atoms with Crippen molar-refractivity contribution in [1.82, 2.24) is 24.9 Å². The molecule has 0 radical (unpaired) electrons. The lowest BCUT2D eigenvalue weighted by atomic mass is 10.1. The third-order valence-electron chi connectivity index (χ3n) is 5.32. The van der Waals surface area contributed by atoms with Crippen LogP contribution >= 0.6 is 0 Å². The Balaban J connectivity index is 1.42. The molecule has 4 rings (SSSR count). The molecule has 3 aliphatic rings. The molecule has 3 aliphatic heterocycles. The molecule has 8 heteroatoms. The van der Waals surface area contributed by atoms with Gasteiger partial charge in [-0.25, -0.2) is 0 Å². The minimum Gasteiger partial charge on any atom is -0.379 e. The zero-order valence-electron chi connectivity index (χ0n) is 14.8. The van der Waals surface area contributed by atoms with Crippen molar-refractivity contribution in [3.63, 3.8) is 0 Å². The van der Waals surface area contributed by atoms with Crippen molar-refractivity contribution < 1.29 is 14.3 Å². The number of aromatic nitrogens is 2. The summed E-state index contributed by atoms with van der Waals surface area (Å²) in [6, 6.07) is 2.16. The van der Waals surface area contributed by atoms with Crippen LogP contribution in [0.5, 0.6) is 0 Å². The third-order valence-corrected chi connectivity index (χ3v) is 5.32. The van der Waals surface area contributed by atoms with Gasteiger partial charge in [-0.1, -0.05) is 0 Å². The zero-order valence-corrected chi connectivity index (χ0v) is 14.8. The van der Waals surface area contributed by atoms with Crippen molar-refractivity contribution in [2.75, 3.05) is 53.1 Å². The summed E-state index contributed by atoms with van der Waals surface area (Å²) in [7, 11) is 2.10. The number of morpholine rings is 1. The van der Waals surface area contributed by atoms with Crippen LogP contribution in [0.25, 0.3) is 0 Å².